The van der Waals surface area contributed by atoms with Crippen LogP contribution in [0.1, 0.15) is 44.6 Å². The third-order valence-electron chi connectivity index (χ3n) is 3.78. The predicted molar refractivity (Wildman–Crippen MR) is 82.1 cm³/mol. The average Bonchev–Trinajstić information content (AvgIpc) is 2.51. The summed E-state index contributed by atoms with van der Waals surface area (Å²) in [5.74, 6) is 0.973. The van der Waals surface area contributed by atoms with Crippen molar-refractivity contribution in [3.8, 4) is 5.75 Å². The van der Waals surface area contributed by atoms with E-state index in [2.05, 4.69) is 24.4 Å². The first-order valence-corrected chi connectivity index (χ1v) is 7.93. The maximum atomic E-state index is 5.89. The molecule has 2 rings (SSSR count). The van der Waals surface area contributed by atoms with Crippen molar-refractivity contribution in [2.45, 2.75) is 51.7 Å². The predicted octanol–water partition coefficient (Wildman–Crippen LogP) is 3.52. The molecule has 1 saturated carbocycles. The van der Waals surface area contributed by atoms with E-state index in [1.165, 1.54) is 37.7 Å². The number of hydrogen-bond donors (Lipinski definition) is 1. The van der Waals surface area contributed by atoms with Crippen molar-refractivity contribution in [3.05, 3.63) is 29.8 Å². The number of para-hydroxylation sites is 1. The Morgan fingerprint density at radius 3 is 2.70 bits per heavy atom. The second kappa shape index (κ2) is 8.98. The second-order valence-electron chi connectivity index (χ2n) is 5.37. The standard InChI is InChI=1S/C17H27NO2/c1-2-18-14-15-8-6-7-11-17(15)20-13-12-19-16-9-4-3-5-10-16/h6-8,11,16,18H,2-5,9-10,12-14H2,1H3. The van der Waals surface area contributed by atoms with Gasteiger partial charge in [0.2, 0.25) is 0 Å². The monoisotopic (exact) mass is 277 g/mol. The molecule has 1 aromatic rings. The highest BCUT2D eigenvalue weighted by molar-refractivity contribution is 5.33. The summed E-state index contributed by atoms with van der Waals surface area (Å²) in [5, 5.41) is 3.34. The zero-order valence-corrected chi connectivity index (χ0v) is 12.6. The van der Waals surface area contributed by atoms with E-state index in [9.17, 15) is 0 Å². The van der Waals surface area contributed by atoms with Crippen LogP contribution >= 0.6 is 0 Å². The topological polar surface area (TPSA) is 30.5 Å². The molecule has 1 aromatic carbocycles. The van der Waals surface area contributed by atoms with Gasteiger partial charge in [0.25, 0.3) is 0 Å². The number of nitrogens with one attached hydrogen (secondary N) is 1. The lowest BCUT2D eigenvalue weighted by Crippen LogP contribution is -2.20. The molecule has 0 aliphatic heterocycles. The number of rotatable bonds is 8. The third kappa shape index (κ3) is 5.14. The van der Waals surface area contributed by atoms with Crippen LogP contribution in [-0.2, 0) is 11.3 Å². The van der Waals surface area contributed by atoms with Gasteiger partial charge in [-0.25, -0.2) is 0 Å². The molecule has 1 aliphatic carbocycles. The molecule has 0 radical (unpaired) electrons. The molecule has 0 heterocycles. The molecule has 0 unspecified atom stereocenters. The SMILES string of the molecule is CCNCc1ccccc1OCCOC1CCCCC1. The minimum absolute atomic E-state index is 0.462. The molecule has 0 atom stereocenters. The van der Waals surface area contributed by atoms with E-state index < -0.39 is 0 Å². The molecule has 112 valence electrons. The maximum absolute atomic E-state index is 5.89. The van der Waals surface area contributed by atoms with Gasteiger partial charge in [-0.2, -0.15) is 0 Å². The zero-order valence-electron chi connectivity index (χ0n) is 12.6. The molecule has 0 bridgehead atoms. The highest BCUT2D eigenvalue weighted by Crippen LogP contribution is 2.21. The fourth-order valence-corrected chi connectivity index (χ4v) is 2.65. The van der Waals surface area contributed by atoms with Crippen molar-refractivity contribution in [1.29, 1.82) is 0 Å². The summed E-state index contributed by atoms with van der Waals surface area (Å²) >= 11 is 0. The zero-order chi connectivity index (χ0) is 14.0. The number of benzene rings is 1. The van der Waals surface area contributed by atoms with Crippen LogP contribution in [0.4, 0.5) is 0 Å². The highest BCUT2D eigenvalue weighted by Gasteiger charge is 2.13. The van der Waals surface area contributed by atoms with Crippen LogP contribution < -0.4 is 10.1 Å². The van der Waals surface area contributed by atoms with Gasteiger partial charge in [0, 0.05) is 12.1 Å². The lowest BCUT2D eigenvalue weighted by Gasteiger charge is -2.22. The summed E-state index contributed by atoms with van der Waals surface area (Å²) < 4.78 is 11.7. The third-order valence-corrected chi connectivity index (χ3v) is 3.78. The molecule has 3 heteroatoms. The van der Waals surface area contributed by atoms with Crippen molar-refractivity contribution in [2.24, 2.45) is 0 Å². The van der Waals surface area contributed by atoms with Gasteiger partial charge in [-0.05, 0) is 25.5 Å². The van der Waals surface area contributed by atoms with Gasteiger partial charge in [-0.15, -0.1) is 0 Å². The van der Waals surface area contributed by atoms with Gasteiger partial charge >= 0.3 is 0 Å². The minimum Gasteiger partial charge on any atom is -0.491 e. The summed E-state index contributed by atoms with van der Waals surface area (Å²) in [6.07, 6.45) is 6.90. The van der Waals surface area contributed by atoms with Gasteiger partial charge in [0.15, 0.2) is 0 Å². The van der Waals surface area contributed by atoms with E-state index in [0.29, 0.717) is 19.3 Å². The van der Waals surface area contributed by atoms with Crippen molar-refractivity contribution in [1.82, 2.24) is 5.32 Å². The summed E-state index contributed by atoms with van der Waals surface area (Å²) in [7, 11) is 0. The van der Waals surface area contributed by atoms with E-state index in [-0.39, 0.29) is 0 Å². The average molecular weight is 277 g/mol. The Hall–Kier alpha value is -1.06. The second-order valence-corrected chi connectivity index (χ2v) is 5.37. The molecule has 0 saturated heterocycles. The lowest BCUT2D eigenvalue weighted by molar-refractivity contribution is 0.0128. The van der Waals surface area contributed by atoms with Gasteiger partial charge in [0.05, 0.1) is 12.7 Å². The quantitative estimate of drug-likeness (QED) is 0.737. The van der Waals surface area contributed by atoms with Gasteiger partial charge < -0.3 is 14.8 Å². The molecule has 1 fully saturated rings. The van der Waals surface area contributed by atoms with Gasteiger partial charge in [-0.1, -0.05) is 44.4 Å². The fraction of sp³-hybridized carbons (Fsp3) is 0.647. The first kappa shape index (κ1) is 15.3. The van der Waals surface area contributed by atoms with Gasteiger partial charge in [-0.3, -0.25) is 0 Å². The number of ether oxygens (including phenoxy) is 2. The summed E-state index contributed by atoms with van der Waals surface area (Å²) in [6.45, 7) is 5.27. The maximum Gasteiger partial charge on any atom is 0.123 e. The molecule has 1 N–H and O–H groups in total. The van der Waals surface area contributed by atoms with E-state index in [4.69, 9.17) is 9.47 Å². The molecular weight excluding hydrogens is 250 g/mol. The van der Waals surface area contributed by atoms with Crippen molar-refractivity contribution < 1.29 is 9.47 Å². The molecular formula is C17H27NO2. The Kier molecular flexibility index (Phi) is 6.89. The number of hydrogen-bond acceptors (Lipinski definition) is 3. The van der Waals surface area contributed by atoms with Crippen LogP contribution in [0.2, 0.25) is 0 Å². The van der Waals surface area contributed by atoms with Gasteiger partial charge in [0.1, 0.15) is 12.4 Å². The van der Waals surface area contributed by atoms with E-state index in [0.717, 1.165) is 18.8 Å². The Bertz CT molecular complexity index is 375. The van der Waals surface area contributed by atoms with E-state index in [1.54, 1.807) is 0 Å². The van der Waals surface area contributed by atoms with Crippen LogP contribution in [0, 0.1) is 0 Å². The summed E-state index contributed by atoms with van der Waals surface area (Å²) in [4.78, 5) is 0. The van der Waals surface area contributed by atoms with Crippen LogP contribution in [-0.4, -0.2) is 25.9 Å². The molecule has 1 aliphatic rings. The Labute approximate surface area is 122 Å². The molecule has 0 amide bonds. The highest BCUT2D eigenvalue weighted by atomic mass is 16.5. The minimum atomic E-state index is 0.462. The Morgan fingerprint density at radius 1 is 1.10 bits per heavy atom. The first-order chi connectivity index (χ1) is 9.90. The summed E-state index contributed by atoms with van der Waals surface area (Å²) in [5.41, 5.74) is 1.21. The van der Waals surface area contributed by atoms with E-state index in [1.807, 2.05) is 12.1 Å². The first-order valence-electron chi connectivity index (χ1n) is 7.93. The van der Waals surface area contributed by atoms with Crippen LogP contribution in [0.5, 0.6) is 5.75 Å². The summed E-state index contributed by atoms with van der Waals surface area (Å²) in [6, 6.07) is 8.22. The van der Waals surface area contributed by atoms with Crippen LogP contribution in [0.25, 0.3) is 0 Å². The van der Waals surface area contributed by atoms with Crippen molar-refractivity contribution >= 4 is 0 Å². The van der Waals surface area contributed by atoms with Crippen LogP contribution in [0.3, 0.4) is 0 Å². The molecule has 3 nitrogen and oxygen atoms in total. The van der Waals surface area contributed by atoms with E-state index >= 15 is 0 Å². The van der Waals surface area contributed by atoms with Crippen LogP contribution in [0.15, 0.2) is 24.3 Å². The normalized spacial score (nSPS) is 16.2. The fourth-order valence-electron chi connectivity index (χ4n) is 2.65. The molecule has 0 spiro atoms. The largest absolute Gasteiger partial charge is 0.491 e. The van der Waals surface area contributed by atoms with Crippen molar-refractivity contribution in [2.75, 3.05) is 19.8 Å². The molecule has 20 heavy (non-hydrogen) atoms. The molecule has 0 aromatic heterocycles. The lowest BCUT2D eigenvalue weighted by atomic mass is 9.98. The Morgan fingerprint density at radius 2 is 1.90 bits per heavy atom. The Balaban J connectivity index is 1.70. The smallest absolute Gasteiger partial charge is 0.123 e. The van der Waals surface area contributed by atoms with Crippen molar-refractivity contribution in [3.63, 3.8) is 0 Å².